The number of esters is 1. The highest BCUT2D eigenvalue weighted by Crippen LogP contribution is 2.30. The number of rotatable bonds is 4. The maximum Gasteiger partial charge on any atom is 0.417 e. The highest BCUT2D eigenvalue weighted by molar-refractivity contribution is 6.30. The van der Waals surface area contributed by atoms with E-state index >= 15 is 0 Å². The van der Waals surface area contributed by atoms with E-state index in [0.29, 0.717) is 11.4 Å². The van der Waals surface area contributed by atoms with Crippen LogP contribution in [-0.4, -0.2) is 41.1 Å². The van der Waals surface area contributed by atoms with Gasteiger partial charge in [-0.2, -0.15) is 0 Å². The summed E-state index contributed by atoms with van der Waals surface area (Å²) >= 11 is 5.89. The molecule has 6 nitrogen and oxygen atoms in total. The number of benzene rings is 1. The minimum Gasteiger partial charge on any atom is -0.464 e. The lowest BCUT2D eigenvalue weighted by Gasteiger charge is -2.26. The molecule has 1 fully saturated rings. The van der Waals surface area contributed by atoms with Crippen LogP contribution in [0, 0.1) is 5.92 Å². The number of imide groups is 1. The molecule has 26 heavy (non-hydrogen) atoms. The van der Waals surface area contributed by atoms with Crippen LogP contribution >= 0.6 is 11.6 Å². The molecule has 0 bridgehead atoms. The van der Waals surface area contributed by atoms with E-state index in [1.54, 1.807) is 39.8 Å². The van der Waals surface area contributed by atoms with Gasteiger partial charge in [0, 0.05) is 10.9 Å². The number of amides is 2. The lowest BCUT2D eigenvalue weighted by molar-refractivity contribution is -0.151. The highest BCUT2D eigenvalue weighted by Gasteiger charge is 2.48. The number of hydrogen-bond donors (Lipinski definition) is 0. The minimum atomic E-state index is -0.963. The summed E-state index contributed by atoms with van der Waals surface area (Å²) in [5, 5.41) is 0.603. The van der Waals surface area contributed by atoms with Crippen molar-refractivity contribution in [2.75, 3.05) is 6.61 Å². The molecule has 0 spiro atoms. The zero-order chi connectivity index (χ0) is 19.5. The zero-order valence-corrected chi connectivity index (χ0v) is 16.2. The second kappa shape index (κ2) is 8.08. The third kappa shape index (κ3) is 4.97. The summed E-state index contributed by atoms with van der Waals surface area (Å²) < 4.78 is 10.3. The molecule has 2 amide bonds. The minimum absolute atomic E-state index is 0.174. The van der Waals surface area contributed by atoms with E-state index in [2.05, 4.69) is 0 Å². The van der Waals surface area contributed by atoms with Gasteiger partial charge in [0.2, 0.25) is 5.91 Å². The molecular weight excluding hydrogens is 358 g/mol. The van der Waals surface area contributed by atoms with Gasteiger partial charge < -0.3 is 9.47 Å². The first-order valence-corrected chi connectivity index (χ1v) is 8.97. The van der Waals surface area contributed by atoms with E-state index in [0.717, 1.165) is 10.5 Å². The lowest BCUT2D eigenvalue weighted by Crippen LogP contribution is -2.46. The quantitative estimate of drug-likeness (QED) is 0.745. The van der Waals surface area contributed by atoms with Crippen molar-refractivity contribution < 1.29 is 23.9 Å². The summed E-state index contributed by atoms with van der Waals surface area (Å²) in [4.78, 5) is 38.5. The van der Waals surface area contributed by atoms with Crippen molar-refractivity contribution in [3.63, 3.8) is 0 Å². The molecule has 1 aliphatic rings. The first-order valence-electron chi connectivity index (χ1n) is 8.59. The summed E-state index contributed by atoms with van der Waals surface area (Å²) in [5.41, 5.74) is 0.131. The Bertz CT molecular complexity index is 680. The van der Waals surface area contributed by atoms with Crippen molar-refractivity contribution in [1.82, 2.24) is 4.90 Å². The van der Waals surface area contributed by atoms with Gasteiger partial charge in [-0.25, -0.2) is 14.5 Å². The topological polar surface area (TPSA) is 72.9 Å². The second-order valence-electron chi connectivity index (χ2n) is 7.22. The van der Waals surface area contributed by atoms with Crippen LogP contribution in [0.2, 0.25) is 5.02 Å². The molecule has 1 aromatic carbocycles. The highest BCUT2D eigenvalue weighted by atomic mass is 35.5. The average Bonchev–Trinajstić information content (AvgIpc) is 2.85. The summed E-state index contributed by atoms with van der Waals surface area (Å²) in [5.74, 6) is -1.52. The van der Waals surface area contributed by atoms with E-state index in [4.69, 9.17) is 21.1 Å². The summed E-state index contributed by atoms with van der Waals surface area (Å²) in [7, 11) is 0. The van der Waals surface area contributed by atoms with Crippen LogP contribution < -0.4 is 0 Å². The van der Waals surface area contributed by atoms with Crippen molar-refractivity contribution >= 4 is 29.6 Å². The smallest absolute Gasteiger partial charge is 0.417 e. The van der Waals surface area contributed by atoms with Crippen LogP contribution in [0.1, 0.15) is 39.7 Å². The number of likely N-dealkylation sites (tertiary alicyclic amines) is 1. The van der Waals surface area contributed by atoms with Crippen LogP contribution in [0.4, 0.5) is 4.79 Å². The molecule has 0 N–H and O–H groups in total. The van der Waals surface area contributed by atoms with E-state index in [-0.39, 0.29) is 13.0 Å². The van der Waals surface area contributed by atoms with E-state index in [1.165, 1.54) is 0 Å². The van der Waals surface area contributed by atoms with Crippen molar-refractivity contribution in [2.24, 2.45) is 5.92 Å². The van der Waals surface area contributed by atoms with Gasteiger partial charge in [0.05, 0.1) is 6.61 Å². The van der Waals surface area contributed by atoms with Crippen LogP contribution in [0.15, 0.2) is 24.3 Å². The van der Waals surface area contributed by atoms with Gasteiger partial charge in [-0.05, 0) is 58.2 Å². The van der Waals surface area contributed by atoms with Gasteiger partial charge in [0.1, 0.15) is 11.6 Å². The molecule has 1 saturated heterocycles. The monoisotopic (exact) mass is 381 g/mol. The normalized spacial score (nSPS) is 20.2. The van der Waals surface area contributed by atoms with Crippen LogP contribution in [0.25, 0.3) is 0 Å². The van der Waals surface area contributed by atoms with Crippen LogP contribution in [0.5, 0.6) is 0 Å². The Kier molecular flexibility index (Phi) is 6.29. The van der Waals surface area contributed by atoms with Crippen molar-refractivity contribution in [1.29, 1.82) is 0 Å². The first kappa shape index (κ1) is 20.2. The van der Waals surface area contributed by atoms with Gasteiger partial charge in [0.25, 0.3) is 0 Å². The van der Waals surface area contributed by atoms with Gasteiger partial charge in [-0.15, -0.1) is 0 Å². The Morgan fingerprint density at radius 3 is 2.38 bits per heavy atom. The number of hydrogen-bond acceptors (Lipinski definition) is 5. The van der Waals surface area contributed by atoms with Gasteiger partial charge >= 0.3 is 12.1 Å². The molecule has 7 heteroatoms. The third-order valence-electron chi connectivity index (χ3n) is 3.95. The van der Waals surface area contributed by atoms with Gasteiger partial charge in [-0.1, -0.05) is 23.7 Å². The van der Waals surface area contributed by atoms with Gasteiger partial charge in [-0.3, -0.25) is 4.79 Å². The predicted octanol–water partition coefficient (Wildman–Crippen LogP) is 3.60. The maximum absolute atomic E-state index is 12.8. The Morgan fingerprint density at radius 2 is 1.85 bits per heavy atom. The Balaban J connectivity index is 2.22. The molecule has 0 radical (unpaired) electrons. The molecule has 0 unspecified atom stereocenters. The predicted molar refractivity (Wildman–Crippen MR) is 96.8 cm³/mol. The first-order chi connectivity index (χ1) is 12.1. The standard InChI is InChI=1S/C19H24ClNO5/c1-5-25-17(23)15-11-13(10-12-6-8-14(20)9-7-12)16(22)21(15)18(24)26-19(2,3)4/h6-9,13,15H,5,10-11H2,1-4H3/t13-,15+/m0/s1. The molecular formula is C19H24ClNO5. The van der Waals surface area contributed by atoms with Gasteiger partial charge in [0.15, 0.2) is 0 Å². The number of halogens is 1. The Labute approximate surface area is 158 Å². The molecule has 142 valence electrons. The van der Waals surface area contributed by atoms with Crippen LogP contribution in [0.3, 0.4) is 0 Å². The number of carbonyl (C=O) groups excluding carboxylic acids is 3. The van der Waals surface area contributed by atoms with Crippen LogP contribution in [-0.2, 0) is 25.5 Å². The van der Waals surface area contributed by atoms with Crippen molar-refractivity contribution in [3.8, 4) is 0 Å². The number of carbonyl (C=O) groups is 3. The molecule has 2 atom stereocenters. The second-order valence-corrected chi connectivity index (χ2v) is 7.66. The fraction of sp³-hybridized carbons (Fsp3) is 0.526. The summed E-state index contributed by atoms with van der Waals surface area (Å²) in [6, 6.07) is 6.17. The molecule has 1 aromatic rings. The largest absolute Gasteiger partial charge is 0.464 e. The Morgan fingerprint density at radius 1 is 1.23 bits per heavy atom. The lowest BCUT2D eigenvalue weighted by atomic mass is 9.96. The summed E-state index contributed by atoms with van der Waals surface area (Å²) in [6.45, 7) is 6.97. The van der Waals surface area contributed by atoms with E-state index in [9.17, 15) is 14.4 Å². The SMILES string of the molecule is CCOC(=O)[C@H]1C[C@H](Cc2ccc(Cl)cc2)C(=O)N1C(=O)OC(C)(C)C. The number of nitrogens with zero attached hydrogens (tertiary/aromatic N) is 1. The van der Waals surface area contributed by atoms with E-state index in [1.807, 2.05) is 12.1 Å². The maximum atomic E-state index is 12.8. The third-order valence-corrected chi connectivity index (χ3v) is 4.20. The Hall–Kier alpha value is -2.08. The molecule has 1 heterocycles. The molecule has 2 rings (SSSR count). The fourth-order valence-electron chi connectivity index (χ4n) is 2.87. The van der Waals surface area contributed by atoms with Crippen molar-refractivity contribution in [3.05, 3.63) is 34.9 Å². The molecule has 1 aliphatic heterocycles. The molecule has 0 aliphatic carbocycles. The van der Waals surface area contributed by atoms with Crippen molar-refractivity contribution in [2.45, 2.75) is 52.2 Å². The molecule has 0 aromatic heterocycles. The molecule has 0 saturated carbocycles. The zero-order valence-electron chi connectivity index (χ0n) is 15.5. The average molecular weight is 382 g/mol. The fourth-order valence-corrected chi connectivity index (χ4v) is 3.00. The summed E-state index contributed by atoms with van der Waals surface area (Å²) in [6.07, 6.45) is -0.204. The van der Waals surface area contributed by atoms with E-state index < -0.39 is 35.5 Å². The number of ether oxygens (including phenoxy) is 2.